The Kier molecular flexibility index (Phi) is 4.47. The van der Waals surface area contributed by atoms with E-state index in [0.717, 1.165) is 0 Å². The lowest BCUT2D eigenvalue weighted by Gasteiger charge is -2.34. The van der Waals surface area contributed by atoms with Gasteiger partial charge in [0.15, 0.2) is 0 Å². The van der Waals surface area contributed by atoms with E-state index >= 15 is 0 Å². The number of benzene rings is 2. The normalized spacial score (nSPS) is 22.8. The Morgan fingerprint density at radius 2 is 1.56 bits per heavy atom. The first-order chi connectivity index (χ1) is 11.7. The fraction of sp³-hybridized carbons (Fsp3) is 0.333. The molecule has 2 unspecified atom stereocenters. The fourth-order valence-electron chi connectivity index (χ4n) is 3.71. The molecule has 1 heteroatoms. The first kappa shape index (κ1) is 17.7. The van der Waals surface area contributed by atoms with Gasteiger partial charge < -0.3 is 5.11 Å². The monoisotopic (exact) mass is 332 g/mol. The predicted molar refractivity (Wildman–Crippen MR) is 108 cm³/mol. The van der Waals surface area contributed by atoms with E-state index in [0.29, 0.717) is 0 Å². The van der Waals surface area contributed by atoms with Gasteiger partial charge in [-0.2, -0.15) is 0 Å². The maximum absolute atomic E-state index is 10.8. The molecule has 0 spiro atoms. The lowest BCUT2D eigenvalue weighted by molar-refractivity contribution is 0.0771. The van der Waals surface area contributed by atoms with Crippen molar-refractivity contribution in [3.8, 4) is 11.1 Å². The molecule has 1 nitrogen and oxygen atoms in total. The zero-order valence-electron chi connectivity index (χ0n) is 16.1. The third kappa shape index (κ3) is 2.98. The minimum atomic E-state index is -0.820. The van der Waals surface area contributed by atoms with Crippen LogP contribution >= 0.6 is 0 Å². The van der Waals surface area contributed by atoms with Crippen LogP contribution in [0.5, 0.6) is 0 Å². The first-order valence-electron chi connectivity index (χ1n) is 9.03. The lowest BCUT2D eigenvalue weighted by atomic mass is 9.74. The minimum Gasteiger partial charge on any atom is -0.385 e. The van der Waals surface area contributed by atoms with Crippen molar-refractivity contribution in [3.05, 3.63) is 76.4 Å². The standard InChI is InChI=1S/C24H28O/c1-15-9-7-10-20(17(15)3)22-13-12-16(2)18(4)23(22)21-11-8-14-24(6,25)19(21)5/h7-14,19,25H,1-6H3. The molecule has 2 atom stereocenters. The van der Waals surface area contributed by atoms with Crippen molar-refractivity contribution in [2.24, 2.45) is 5.92 Å². The van der Waals surface area contributed by atoms with Gasteiger partial charge in [0.1, 0.15) is 0 Å². The summed E-state index contributed by atoms with van der Waals surface area (Å²) in [5, 5.41) is 10.8. The van der Waals surface area contributed by atoms with Crippen molar-refractivity contribution in [2.75, 3.05) is 0 Å². The molecule has 1 N–H and O–H groups in total. The second-order valence-electron chi connectivity index (χ2n) is 7.61. The maximum Gasteiger partial charge on any atom is 0.0868 e. The topological polar surface area (TPSA) is 20.2 Å². The highest BCUT2D eigenvalue weighted by Gasteiger charge is 2.32. The molecule has 1 aliphatic rings. The Hall–Kier alpha value is -2.12. The summed E-state index contributed by atoms with van der Waals surface area (Å²) in [6.45, 7) is 12.7. The summed E-state index contributed by atoms with van der Waals surface area (Å²) in [7, 11) is 0. The van der Waals surface area contributed by atoms with Crippen LogP contribution in [0.4, 0.5) is 0 Å². The van der Waals surface area contributed by atoms with Gasteiger partial charge in [0, 0.05) is 5.92 Å². The fourth-order valence-corrected chi connectivity index (χ4v) is 3.71. The summed E-state index contributed by atoms with van der Waals surface area (Å²) in [5.74, 6) is 0.0434. The number of allylic oxidation sites excluding steroid dienone is 2. The van der Waals surface area contributed by atoms with Crippen LogP contribution in [0.1, 0.15) is 41.7 Å². The van der Waals surface area contributed by atoms with E-state index in [-0.39, 0.29) is 5.92 Å². The summed E-state index contributed by atoms with van der Waals surface area (Å²) in [5.41, 5.74) is 9.40. The van der Waals surface area contributed by atoms with Gasteiger partial charge in [0.2, 0.25) is 0 Å². The van der Waals surface area contributed by atoms with Gasteiger partial charge >= 0.3 is 0 Å². The van der Waals surface area contributed by atoms with Crippen LogP contribution in [0, 0.1) is 33.6 Å². The molecule has 0 aliphatic heterocycles. The summed E-state index contributed by atoms with van der Waals surface area (Å²) in [4.78, 5) is 0. The van der Waals surface area contributed by atoms with Gasteiger partial charge in [0.05, 0.1) is 5.60 Å². The van der Waals surface area contributed by atoms with Crippen molar-refractivity contribution in [1.82, 2.24) is 0 Å². The van der Waals surface area contributed by atoms with Crippen molar-refractivity contribution >= 4 is 5.57 Å². The van der Waals surface area contributed by atoms with Crippen LogP contribution in [0.25, 0.3) is 16.7 Å². The third-order valence-electron chi connectivity index (χ3n) is 5.97. The second-order valence-corrected chi connectivity index (χ2v) is 7.61. The van der Waals surface area contributed by atoms with Crippen molar-refractivity contribution < 1.29 is 5.11 Å². The highest BCUT2D eigenvalue weighted by molar-refractivity contribution is 5.87. The molecule has 0 fully saturated rings. The maximum atomic E-state index is 10.8. The van der Waals surface area contributed by atoms with E-state index in [9.17, 15) is 5.11 Å². The molecule has 0 amide bonds. The predicted octanol–water partition coefficient (Wildman–Crippen LogP) is 5.93. The van der Waals surface area contributed by atoms with E-state index in [2.05, 4.69) is 71.0 Å². The Labute approximate surface area is 151 Å². The zero-order chi connectivity index (χ0) is 18.4. The molecular formula is C24H28O. The van der Waals surface area contributed by atoms with Gasteiger partial charge in [0.25, 0.3) is 0 Å². The van der Waals surface area contributed by atoms with Crippen LogP contribution in [0.3, 0.4) is 0 Å². The molecule has 0 saturated carbocycles. The molecule has 130 valence electrons. The van der Waals surface area contributed by atoms with Crippen molar-refractivity contribution in [2.45, 2.75) is 47.1 Å². The van der Waals surface area contributed by atoms with E-state index in [4.69, 9.17) is 0 Å². The molecule has 2 aromatic carbocycles. The zero-order valence-corrected chi connectivity index (χ0v) is 16.1. The first-order valence-corrected chi connectivity index (χ1v) is 9.03. The number of hydrogen-bond acceptors (Lipinski definition) is 1. The molecule has 0 heterocycles. The number of aliphatic hydroxyl groups is 1. The number of hydrogen-bond donors (Lipinski definition) is 1. The molecule has 2 aromatic rings. The smallest absolute Gasteiger partial charge is 0.0868 e. The van der Waals surface area contributed by atoms with Crippen LogP contribution in [0.15, 0.2) is 48.6 Å². The largest absolute Gasteiger partial charge is 0.385 e. The Balaban J connectivity index is 2.30. The highest BCUT2D eigenvalue weighted by Crippen LogP contribution is 2.42. The van der Waals surface area contributed by atoms with Crippen molar-refractivity contribution in [3.63, 3.8) is 0 Å². The minimum absolute atomic E-state index is 0.0434. The van der Waals surface area contributed by atoms with Crippen LogP contribution < -0.4 is 0 Å². The Morgan fingerprint density at radius 1 is 0.880 bits per heavy atom. The van der Waals surface area contributed by atoms with Gasteiger partial charge in [-0.3, -0.25) is 0 Å². The highest BCUT2D eigenvalue weighted by atomic mass is 16.3. The Morgan fingerprint density at radius 3 is 2.28 bits per heavy atom. The molecule has 25 heavy (non-hydrogen) atoms. The summed E-state index contributed by atoms with van der Waals surface area (Å²) in [6, 6.07) is 10.9. The SMILES string of the molecule is Cc1cccc(-c2ccc(C)c(C)c2C2=CC=CC(C)(O)C2C)c1C. The molecule has 0 bridgehead atoms. The van der Waals surface area contributed by atoms with E-state index in [1.54, 1.807) is 0 Å². The van der Waals surface area contributed by atoms with Crippen molar-refractivity contribution in [1.29, 1.82) is 0 Å². The lowest BCUT2D eigenvalue weighted by Crippen LogP contribution is -2.33. The summed E-state index contributed by atoms with van der Waals surface area (Å²) in [6.07, 6.45) is 6.05. The summed E-state index contributed by atoms with van der Waals surface area (Å²) < 4.78 is 0. The van der Waals surface area contributed by atoms with E-state index in [1.807, 2.05) is 19.1 Å². The van der Waals surface area contributed by atoms with Gasteiger partial charge in [-0.05, 0) is 79.1 Å². The van der Waals surface area contributed by atoms with Gasteiger partial charge in [-0.1, -0.05) is 55.5 Å². The van der Waals surface area contributed by atoms with Crippen LogP contribution in [0.2, 0.25) is 0 Å². The molecular weight excluding hydrogens is 304 g/mol. The molecule has 0 radical (unpaired) electrons. The molecule has 3 rings (SSSR count). The third-order valence-corrected chi connectivity index (χ3v) is 5.97. The van der Waals surface area contributed by atoms with E-state index < -0.39 is 5.60 Å². The number of rotatable bonds is 2. The second kappa shape index (κ2) is 6.31. The summed E-state index contributed by atoms with van der Waals surface area (Å²) >= 11 is 0. The van der Waals surface area contributed by atoms with Crippen LogP contribution in [-0.4, -0.2) is 10.7 Å². The van der Waals surface area contributed by atoms with Gasteiger partial charge in [-0.25, -0.2) is 0 Å². The van der Waals surface area contributed by atoms with Gasteiger partial charge in [-0.15, -0.1) is 0 Å². The average molecular weight is 332 g/mol. The van der Waals surface area contributed by atoms with Crippen LogP contribution in [-0.2, 0) is 0 Å². The molecule has 0 aromatic heterocycles. The average Bonchev–Trinajstić information content (AvgIpc) is 2.56. The van der Waals surface area contributed by atoms with E-state index in [1.165, 1.54) is 44.5 Å². The number of aryl methyl sites for hydroxylation is 2. The quantitative estimate of drug-likeness (QED) is 0.723. The Bertz CT molecular complexity index is 881. The molecule has 1 aliphatic carbocycles. The molecule has 0 saturated heterocycles.